The largest absolute Gasteiger partial charge is 0.481 e. The van der Waals surface area contributed by atoms with Crippen molar-refractivity contribution in [3.63, 3.8) is 0 Å². The first-order valence-corrected chi connectivity index (χ1v) is 6.11. The van der Waals surface area contributed by atoms with Gasteiger partial charge in [-0.3, -0.25) is 9.89 Å². The van der Waals surface area contributed by atoms with Crippen LogP contribution in [0.3, 0.4) is 0 Å². The van der Waals surface area contributed by atoms with Crippen LogP contribution < -0.4 is 4.74 Å². The minimum absolute atomic E-state index is 0.0648. The quantitative estimate of drug-likeness (QED) is 0.891. The third-order valence-corrected chi connectivity index (χ3v) is 2.75. The lowest BCUT2D eigenvalue weighted by molar-refractivity contribution is -0.137. The minimum Gasteiger partial charge on any atom is -0.481 e. The molecule has 2 aromatic rings. The number of para-hydroxylation sites is 1. The number of benzene rings is 1. The molecule has 1 N–H and O–H groups in total. The first-order valence-electron chi connectivity index (χ1n) is 6.11. The molecule has 5 heteroatoms. The molecular weight excluding hydrogens is 242 g/mol. The van der Waals surface area contributed by atoms with Crippen molar-refractivity contribution in [1.82, 2.24) is 15.1 Å². The third-order valence-electron chi connectivity index (χ3n) is 2.75. The van der Waals surface area contributed by atoms with Gasteiger partial charge in [0.15, 0.2) is 6.10 Å². The van der Waals surface area contributed by atoms with Crippen LogP contribution in [-0.4, -0.2) is 34.2 Å². The van der Waals surface area contributed by atoms with Gasteiger partial charge in [0, 0.05) is 25.4 Å². The van der Waals surface area contributed by atoms with Crippen molar-refractivity contribution >= 4 is 5.91 Å². The number of carbonyl (C=O) groups is 1. The molecule has 1 aromatic carbocycles. The van der Waals surface area contributed by atoms with Gasteiger partial charge in [0.2, 0.25) is 0 Å². The Hall–Kier alpha value is -2.30. The zero-order chi connectivity index (χ0) is 13.7. The van der Waals surface area contributed by atoms with Crippen molar-refractivity contribution in [2.24, 2.45) is 0 Å². The van der Waals surface area contributed by atoms with Crippen molar-refractivity contribution in [2.45, 2.75) is 19.6 Å². The van der Waals surface area contributed by atoms with Gasteiger partial charge in [-0.25, -0.2) is 0 Å². The lowest BCUT2D eigenvalue weighted by Gasteiger charge is -2.21. The summed E-state index contributed by atoms with van der Waals surface area (Å²) in [5.74, 6) is 0.630. The summed E-state index contributed by atoms with van der Waals surface area (Å²) in [6.07, 6.45) is 2.96. The fourth-order valence-corrected chi connectivity index (χ4v) is 1.78. The molecule has 100 valence electrons. The summed E-state index contributed by atoms with van der Waals surface area (Å²) in [5, 5.41) is 6.58. The van der Waals surface area contributed by atoms with E-state index in [0.717, 1.165) is 5.56 Å². The fraction of sp³-hybridized carbons (Fsp3) is 0.286. The van der Waals surface area contributed by atoms with E-state index in [-0.39, 0.29) is 5.91 Å². The zero-order valence-electron chi connectivity index (χ0n) is 11.0. The van der Waals surface area contributed by atoms with E-state index in [9.17, 15) is 4.79 Å². The van der Waals surface area contributed by atoms with Gasteiger partial charge in [0.05, 0.1) is 6.20 Å². The summed E-state index contributed by atoms with van der Waals surface area (Å²) in [5.41, 5.74) is 0.961. The summed E-state index contributed by atoms with van der Waals surface area (Å²) < 4.78 is 5.60. The highest BCUT2D eigenvalue weighted by molar-refractivity contribution is 5.80. The number of ether oxygens (including phenoxy) is 1. The Kier molecular flexibility index (Phi) is 4.18. The maximum absolute atomic E-state index is 12.1. The number of rotatable bonds is 5. The first kappa shape index (κ1) is 13.1. The summed E-state index contributed by atoms with van der Waals surface area (Å²) >= 11 is 0. The molecule has 1 atom stereocenters. The molecule has 0 spiro atoms. The second-order valence-electron chi connectivity index (χ2n) is 4.37. The number of likely N-dealkylation sites (N-methyl/N-ethyl adjacent to an activating group) is 1. The van der Waals surface area contributed by atoms with Crippen LogP contribution >= 0.6 is 0 Å². The van der Waals surface area contributed by atoms with E-state index in [1.807, 2.05) is 30.3 Å². The van der Waals surface area contributed by atoms with Gasteiger partial charge >= 0.3 is 0 Å². The summed E-state index contributed by atoms with van der Waals surface area (Å²) in [6.45, 7) is 2.26. The SMILES string of the molecule is CC(Oc1ccccc1)C(=O)N(C)Cc1cn[nH]c1. The highest BCUT2D eigenvalue weighted by atomic mass is 16.5. The Morgan fingerprint density at radius 2 is 2.16 bits per heavy atom. The van der Waals surface area contributed by atoms with Gasteiger partial charge in [-0.15, -0.1) is 0 Å². The molecule has 5 nitrogen and oxygen atoms in total. The number of carbonyl (C=O) groups excluding carboxylic acids is 1. The van der Waals surface area contributed by atoms with E-state index < -0.39 is 6.10 Å². The van der Waals surface area contributed by atoms with Gasteiger partial charge in [-0.05, 0) is 19.1 Å². The van der Waals surface area contributed by atoms with Gasteiger partial charge in [-0.1, -0.05) is 18.2 Å². The van der Waals surface area contributed by atoms with Crippen LogP contribution in [0.2, 0.25) is 0 Å². The van der Waals surface area contributed by atoms with Crippen LogP contribution in [0.25, 0.3) is 0 Å². The Bertz CT molecular complexity index is 511. The number of H-pyrrole nitrogens is 1. The summed E-state index contributed by atoms with van der Waals surface area (Å²) in [6, 6.07) is 9.33. The standard InChI is InChI=1S/C14H17N3O2/c1-11(19-13-6-4-3-5-7-13)14(18)17(2)10-12-8-15-16-9-12/h3-9,11H,10H2,1-2H3,(H,15,16). The molecule has 0 bridgehead atoms. The van der Waals surface area contributed by atoms with Crippen molar-refractivity contribution in [3.05, 3.63) is 48.3 Å². The Morgan fingerprint density at radius 1 is 1.42 bits per heavy atom. The Labute approximate surface area is 112 Å². The molecular formula is C14H17N3O2. The Morgan fingerprint density at radius 3 is 2.79 bits per heavy atom. The van der Waals surface area contributed by atoms with Crippen molar-refractivity contribution in [3.8, 4) is 5.75 Å². The molecule has 2 rings (SSSR count). The number of amides is 1. The van der Waals surface area contributed by atoms with Gasteiger partial charge < -0.3 is 9.64 Å². The fourth-order valence-electron chi connectivity index (χ4n) is 1.78. The molecule has 0 fully saturated rings. The van der Waals surface area contributed by atoms with Crippen LogP contribution in [-0.2, 0) is 11.3 Å². The molecule has 0 radical (unpaired) electrons. The lowest BCUT2D eigenvalue weighted by atomic mass is 10.3. The molecule has 1 aromatic heterocycles. The van der Waals surface area contributed by atoms with E-state index in [1.165, 1.54) is 0 Å². The average molecular weight is 259 g/mol. The maximum Gasteiger partial charge on any atom is 0.263 e. The van der Waals surface area contributed by atoms with Gasteiger partial charge in [0.1, 0.15) is 5.75 Å². The maximum atomic E-state index is 12.1. The third kappa shape index (κ3) is 3.58. The lowest BCUT2D eigenvalue weighted by Crippen LogP contribution is -2.37. The van der Waals surface area contributed by atoms with Gasteiger partial charge in [-0.2, -0.15) is 5.10 Å². The molecule has 0 aliphatic carbocycles. The van der Waals surface area contributed by atoms with Crippen LogP contribution in [0.15, 0.2) is 42.7 Å². The van der Waals surface area contributed by atoms with Crippen molar-refractivity contribution in [2.75, 3.05) is 7.05 Å². The van der Waals surface area contributed by atoms with Crippen molar-refractivity contribution in [1.29, 1.82) is 0 Å². The second kappa shape index (κ2) is 6.04. The number of aromatic amines is 1. The molecule has 1 amide bonds. The van der Waals surface area contributed by atoms with Crippen LogP contribution in [0, 0.1) is 0 Å². The monoisotopic (exact) mass is 259 g/mol. The van der Waals surface area contributed by atoms with E-state index in [0.29, 0.717) is 12.3 Å². The second-order valence-corrected chi connectivity index (χ2v) is 4.37. The smallest absolute Gasteiger partial charge is 0.263 e. The topological polar surface area (TPSA) is 58.2 Å². The predicted octanol–water partition coefficient (Wildman–Crippen LogP) is 1.84. The highest BCUT2D eigenvalue weighted by Gasteiger charge is 2.19. The molecule has 0 saturated carbocycles. The van der Waals surface area contributed by atoms with E-state index in [4.69, 9.17) is 4.74 Å². The molecule has 0 aliphatic rings. The number of aromatic nitrogens is 2. The van der Waals surface area contributed by atoms with Crippen LogP contribution in [0.1, 0.15) is 12.5 Å². The number of nitrogens with zero attached hydrogens (tertiary/aromatic N) is 2. The van der Waals surface area contributed by atoms with Crippen molar-refractivity contribution < 1.29 is 9.53 Å². The molecule has 19 heavy (non-hydrogen) atoms. The first-order chi connectivity index (χ1) is 9.16. The molecule has 0 saturated heterocycles. The molecule has 1 unspecified atom stereocenters. The minimum atomic E-state index is -0.515. The summed E-state index contributed by atoms with van der Waals surface area (Å²) in [7, 11) is 1.75. The Balaban J connectivity index is 1.91. The predicted molar refractivity (Wildman–Crippen MR) is 71.6 cm³/mol. The number of nitrogens with one attached hydrogen (secondary N) is 1. The molecule has 1 heterocycles. The normalized spacial score (nSPS) is 11.9. The van der Waals surface area contributed by atoms with E-state index >= 15 is 0 Å². The molecule has 0 aliphatic heterocycles. The zero-order valence-corrected chi connectivity index (χ0v) is 11.0. The number of hydrogen-bond donors (Lipinski definition) is 1. The average Bonchev–Trinajstić information content (AvgIpc) is 2.91. The van der Waals surface area contributed by atoms with E-state index in [1.54, 1.807) is 31.3 Å². The highest BCUT2D eigenvalue weighted by Crippen LogP contribution is 2.12. The van der Waals surface area contributed by atoms with Crippen LogP contribution in [0.5, 0.6) is 5.75 Å². The number of hydrogen-bond acceptors (Lipinski definition) is 3. The summed E-state index contributed by atoms with van der Waals surface area (Å²) in [4.78, 5) is 13.8. The van der Waals surface area contributed by atoms with Gasteiger partial charge in [0.25, 0.3) is 5.91 Å². The van der Waals surface area contributed by atoms with Crippen LogP contribution in [0.4, 0.5) is 0 Å². The van der Waals surface area contributed by atoms with E-state index in [2.05, 4.69) is 10.2 Å².